The lowest BCUT2D eigenvalue weighted by Gasteiger charge is -2.23. The third-order valence-electron chi connectivity index (χ3n) is 3.14. The van der Waals surface area contributed by atoms with Gasteiger partial charge in [0.15, 0.2) is 0 Å². The number of aliphatic hydroxyl groups is 1. The van der Waals surface area contributed by atoms with E-state index in [0.717, 1.165) is 30.5 Å². The van der Waals surface area contributed by atoms with Crippen LogP contribution in [0, 0.1) is 0 Å². The van der Waals surface area contributed by atoms with E-state index in [2.05, 4.69) is 10.4 Å². The highest BCUT2D eigenvalue weighted by Gasteiger charge is 2.25. The first-order chi connectivity index (χ1) is 8.76. The van der Waals surface area contributed by atoms with Gasteiger partial charge in [-0.2, -0.15) is 5.10 Å². The molecular weight excluding hydrogens is 234 g/mol. The summed E-state index contributed by atoms with van der Waals surface area (Å²) in [5.74, 6) is 0. The number of nitrogens with one attached hydrogen (secondary N) is 1. The Morgan fingerprint density at radius 3 is 3.28 bits per heavy atom. The van der Waals surface area contributed by atoms with Crippen molar-refractivity contribution in [3.05, 3.63) is 17.5 Å². The Labute approximate surface area is 106 Å². The Morgan fingerprint density at radius 1 is 1.72 bits per heavy atom. The molecule has 0 fully saturated rings. The van der Waals surface area contributed by atoms with Crippen LogP contribution in [-0.4, -0.2) is 34.2 Å². The SMILES string of the molecule is CCOC(=O)NC1CCCc2c1cnn2CCO. The monoisotopic (exact) mass is 253 g/mol. The maximum absolute atomic E-state index is 11.5. The van der Waals surface area contributed by atoms with E-state index >= 15 is 0 Å². The molecule has 0 radical (unpaired) electrons. The summed E-state index contributed by atoms with van der Waals surface area (Å²) in [5, 5.41) is 16.1. The Bertz CT molecular complexity index is 417. The van der Waals surface area contributed by atoms with Crippen LogP contribution >= 0.6 is 0 Å². The summed E-state index contributed by atoms with van der Waals surface area (Å²) >= 11 is 0. The molecule has 1 heterocycles. The van der Waals surface area contributed by atoms with Crippen molar-refractivity contribution in [1.29, 1.82) is 0 Å². The van der Waals surface area contributed by atoms with Crippen molar-refractivity contribution in [3.8, 4) is 0 Å². The average molecular weight is 253 g/mol. The number of nitrogens with zero attached hydrogens (tertiary/aromatic N) is 2. The van der Waals surface area contributed by atoms with Gasteiger partial charge in [0.2, 0.25) is 0 Å². The fourth-order valence-electron chi connectivity index (χ4n) is 2.37. The van der Waals surface area contributed by atoms with E-state index in [1.54, 1.807) is 13.1 Å². The molecule has 1 aliphatic carbocycles. The largest absolute Gasteiger partial charge is 0.450 e. The lowest BCUT2D eigenvalue weighted by Crippen LogP contribution is -2.31. The van der Waals surface area contributed by atoms with Crippen molar-refractivity contribution in [2.75, 3.05) is 13.2 Å². The van der Waals surface area contributed by atoms with Gasteiger partial charge in [-0.25, -0.2) is 4.79 Å². The first kappa shape index (κ1) is 12.9. The third kappa shape index (κ3) is 2.64. The molecule has 6 heteroatoms. The lowest BCUT2D eigenvalue weighted by atomic mass is 9.93. The minimum atomic E-state index is -0.384. The summed E-state index contributed by atoms with van der Waals surface area (Å²) in [4.78, 5) is 11.5. The van der Waals surface area contributed by atoms with Crippen molar-refractivity contribution in [3.63, 3.8) is 0 Å². The molecular formula is C12H19N3O3. The quantitative estimate of drug-likeness (QED) is 0.839. The molecule has 1 aliphatic rings. The zero-order chi connectivity index (χ0) is 13.0. The number of carbonyl (C=O) groups excluding carboxylic acids is 1. The van der Waals surface area contributed by atoms with E-state index in [4.69, 9.17) is 9.84 Å². The molecule has 1 unspecified atom stereocenters. The van der Waals surface area contributed by atoms with Gasteiger partial charge in [0.1, 0.15) is 0 Å². The summed E-state index contributed by atoms with van der Waals surface area (Å²) in [5.41, 5.74) is 2.15. The van der Waals surface area contributed by atoms with Crippen molar-refractivity contribution >= 4 is 6.09 Å². The van der Waals surface area contributed by atoms with Crippen molar-refractivity contribution in [1.82, 2.24) is 15.1 Å². The van der Waals surface area contributed by atoms with E-state index in [1.807, 2.05) is 4.68 Å². The number of carbonyl (C=O) groups is 1. The molecule has 100 valence electrons. The van der Waals surface area contributed by atoms with Crippen molar-refractivity contribution in [2.45, 2.75) is 38.8 Å². The molecule has 0 saturated heterocycles. The minimum Gasteiger partial charge on any atom is -0.450 e. The zero-order valence-corrected chi connectivity index (χ0v) is 10.6. The van der Waals surface area contributed by atoms with Crippen LogP contribution in [0.15, 0.2) is 6.20 Å². The van der Waals surface area contributed by atoms with Gasteiger partial charge < -0.3 is 15.2 Å². The predicted molar refractivity (Wildman–Crippen MR) is 65.1 cm³/mol. The molecule has 18 heavy (non-hydrogen) atoms. The van der Waals surface area contributed by atoms with Crippen LogP contribution < -0.4 is 5.32 Å². The number of aliphatic hydroxyl groups excluding tert-OH is 1. The predicted octanol–water partition coefficient (Wildman–Crippen LogP) is 0.999. The molecule has 0 aliphatic heterocycles. The summed E-state index contributed by atoms with van der Waals surface area (Å²) in [6.07, 6.45) is 4.24. The van der Waals surface area contributed by atoms with Gasteiger partial charge in [-0.05, 0) is 26.2 Å². The van der Waals surface area contributed by atoms with E-state index < -0.39 is 0 Å². The molecule has 0 spiro atoms. The second-order valence-corrected chi connectivity index (χ2v) is 4.30. The van der Waals surface area contributed by atoms with Crippen LogP contribution in [0.1, 0.15) is 37.1 Å². The Hall–Kier alpha value is -1.56. The number of hydrogen-bond acceptors (Lipinski definition) is 4. The standard InChI is InChI=1S/C12H19N3O3/c1-2-18-12(17)14-10-4-3-5-11-9(10)8-13-15(11)6-7-16/h8,10,16H,2-7H2,1H3,(H,14,17). The van der Waals surface area contributed by atoms with Gasteiger partial charge in [-0.3, -0.25) is 4.68 Å². The van der Waals surface area contributed by atoms with Crippen LogP contribution in [0.3, 0.4) is 0 Å². The number of alkyl carbamates (subject to hydrolysis) is 1. The van der Waals surface area contributed by atoms with Gasteiger partial charge in [0.05, 0.1) is 32.0 Å². The van der Waals surface area contributed by atoms with E-state index in [-0.39, 0.29) is 18.7 Å². The fourth-order valence-corrected chi connectivity index (χ4v) is 2.37. The second-order valence-electron chi connectivity index (χ2n) is 4.30. The Kier molecular flexibility index (Phi) is 4.19. The molecule has 1 amide bonds. The number of amides is 1. The molecule has 2 rings (SSSR count). The average Bonchev–Trinajstić information content (AvgIpc) is 2.75. The Morgan fingerprint density at radius 2 is 2.56 bits per heavy atom. The van der Waals surface area contributed by atoms with Crippen LogP contribution in [-0.2, 0) is 17.7 Å². The normalized spacial score (nSPS) is 18.2. The lowest BCUT2D eigenvalue weighted by molar-refractivity contribution is 0.146. The first-order valence-electron chi connectivity index (χ1n) is 6.35. The number of ether oxygens (including phenoxy) is 1. The van der Waals surface area contributed by atoms with Crippen LogP contribution in [0.5, 0.6) is 0 Å². The van der Waals surface area contributed by atoms with Crippen molar-refractivity contribution in [2.24, 2.45) is 0 Å². The number of hydrogen-bond donors (Lipinski definition) is 2. The zero-order valence-electron chi connectivity index (χ0n) is 10.6. The van der Waals surface area contributed by atoms with Crippen LogP contribution in [0.2, 0.25) is 0 Å². The minimum absolute atomic E-state index is 0.0276. The van der Waals surface area contributed by atoms with Crippen LogP contribution in [0.4, 0.5) is 4.79 Å². The number of fused-ring (bicyclic) bond motifs is 1. The molecule has 0 aromatic carbocycles. The summed E-state index contributed by atoms with van der Waals surface area (Å²) in [6, 6.07) is -0.0276. The van der Waals surface area contributed by atoms with Gasteiger partial charge >= 0.3 is 6.09 Å². The highest BCUT2D eigenvalue weighted by atomic mass is 16.5. The summed E-state index contributed by atoms with van der Waals surface area (Å²) in [6.45, 7) is 2.73. The van der Waals surface area contributed by atoms with Gasteiger partial charge in [-0.15, -0.1) is 0 Å². The van der Waals surface area contributed by atoms with E-state index in [1.165, 1.54) is 0 Å². The maximum atomic E-state index is 11.5. The smallest absolute Gasteiger partial charge is 0.407 e. The number of rotatable bonds is 4. The highest BCUT2D eigenvalue weighted by Crippen LogP contribution is 2.29. The molecule has 1 aromatic rings. The van der Waals surface area contributed by atoms with E-state index in [9.17, 15) is 4.79 Å². The molecule has 0 saturated carbocycles. The maximum Gasteiger partial charge on any atom is 0.407 e. The van der Waals surface area contributed by atoms with Gasteiger partial charge in [-0.1, -0.05) is 0 Å². The molecule has 2 N–H and O–H groups in total. The second kappa shape index (κ2) is 5.86. The van der Waals surface area contributed by atoms with E-state index in [0.29, 0.717) is 13.2 Å². The van der Waals surface area contributed by atoms with Gasteiger partial charge in [0.25, 0.3) is 0 Å². The fraction of sp³-hybridized carbons (Fsp3) is 0.667. The third-order valence-corrected chi connectivity index (χ3v) is 3.14. The molecule has 1 aromatic heterocycles. The molecule has 1 atom stereocenters. The topological polar surface area (TPSA) is 76.4 Å². The molecule has 0 bridgehead atoms. The first-order valence-corrected chi connectivity index (χ1v) is 6.35. The molecule has 6 nitrogen and oxygen atoms in total. The van der Waals surface area contributed by atoms with Crippen molar-refractivity contribution < 1.29 is 14.6 Å². The number of aromatic nitrogens is 2. The summed E-state index contributed by atoms with van der Waals surface area (Å²) < 4.78 is 6.71. The highest BCUT2D eigenvalue weighted by molar-refractivity contribution is 5.68. The van der Waals surface area contributed by atoms with Gasteiger partial charge in [0, 0.05) is 11.3 Å². The van der Waals surface area contributed by atoms with Crippen LogP contribution in [0.25, 0.3) is 0 Å². The summed E-state index contributed by atoms with van der Waals surface area (Å²) in [7, 11) is 0. The Balaban J connectivity index is 2.10.